The summed E-state index contributed by atoms with van der Waals surface area (Å²) < 4.78 is 0. The van der Waals surface area contributed by atoms with Crippen molar-refractivity contribution in [3.8, 4) is 0 Å². The zero-order valence-corrected chi connectivity index (χ0v) is 21.4. The molecule has 0 fully saturated rings. The average molecular weight is 441 g/mol. The molecule has 1 aliphatic rings. The van der Waals surface area contributed by atoms with Crippen molar-refractivity contribution in [2.24, 2.45) is 0 Å². The fourth-order valence-corrected chi connectivity index (χ4v) is 4.96. The normalized spacial score (nSPS) is 15.8. The van der Waals surface area contributed by atoms with Crippen molar-refractivity contribution in [3.05, 3.63) is 48.3 Å². The Morgan fingerprint density at radius 2 is 1.06 bits per heavy atom. The highest BCUT2D eigenvalue weighted by Gasteiger charge is 2.25. The third kappa shape index (κ3) is 11.4. The molecule has 1 aromatic carbocycles. The second kappa shape index (κ2) is 18.0. The van der Waals surface area contributed by atoms with Gasteiger partial charge in [0.2, 0.25) is 0 Å². The summed E-state index contributed by atoms with van der Waals surface area (Å²) in [4.78, 5) is 5.18. The molecular weight excluding hydrogens is 388 g/mol. The molecule has 0 N–H and O–H groups in total. The topological polar surface area (TPSA) is 6.48 Å². The Labute approximate surface area is 200 Å². The Balaban J connectivity index is 1.56. The van der Waals surface area contributed by atoms with Crippen LogP contribution in [0.2, 0.25) is 0 Å². The second-order valence-corrected chi connectivity index (χ2v) is 9.91. The van der Waals surface area contributed by atoms with Crippen LogP contribution in [0, 0.1) is 0 Å². The third-order valence-electron chi connectivity index (χ3n) is 7.01. The summed E-state index contributed by atoms with van der Waals surface area (Å²) in [6.07, 6.45) is 29.1. The lowest BCUT2D eigenvalue weighted by Crippen LogP contribution is -2.38. The average Bonchev–Trinajstić information content (AvgIpc) is 3.19. The standard InChI is InChI=1S/C30H52N2/c1-3-5-7-8-9-10-11-12-13-14-15-16-21-25-31-26-27-32(30(31)24-18-6-4-2)28-29-22-19-17-20-23-29/h17,19-20,22-23,26-27,30H,3-16,18,21,24-25,28H2,1-2H3. The van der Waals surface area contributed by atoms with E-state index in [1.165, 1.54) is 121 Å². The molecule has 2 heteroatoms. The lowest BCUT2D eigenvalue weighted by molar-refractivity contribution is 0.132. The van der Waals surface area contributed by atoms with E-state index in [0.717, 1.165) is 6.54 Å². The predicted octanol–water partition coefficient (Wildman–Crippen LogP) is 9.27. The predicted molar refractivity (Wildman–Crippen MR) is 141 cm³/mol. The molecule has 0 amide bonds. The van der Waals surface area contributed by atoms with Gasteiger partial charge >= 0.3 is 0 Å². The van der Waals surface area contributed by atoms with Gasteiger partial charge in [-0.2, -0.15) is 0 Å². The van der Waals surface area contributed by atoms with Gasteiger partial charge in [0, 0.05) is 25.5 Å². The lowest BCUT2D eigenvalue weighted by Gasteiger charge is -2.33. The molecule has 1 aliphatic heterocycles. The molecule has 0 spiro atoms. The minimum Gasteiger partial charge on any atom is -0.356 e. The Bertz CT molecular complexity index is 567. The number of hydrogen-bond donors (Lipinski definition) is 0. The highest BCUT2D eigenvalue weighted by Crippen LogP contribution is 2.24. The van der Waals surface area contributed by atoms with E-state index in [2.05, 4.69) is 66.4 Å². The minimum atomic E-state index is 0.555. The van der Waals surface area contributed by atoms with Crippen LogP contribution < -0.4 is 0 Å². The van der Waals surface area contributed by atoms with E-state index in [9.17, 15) is 0 Å². The summed E-state index contributed by atoms with van der Waals surface area (Å²) in [7, 11) is 0. The van der Waals surface area contributed by atoms with Crippen molar-refractivity contribution in [2.75, 3.05) is 6.54 Å². The van der Waals surface area contributed by atoms with Crippen LogP contribution >= 0.6 is 0 Å². The minimum absolute atomic E-state index is 0.555. The summed E-state index contributed by atoms with van der Waals surface area (Å²) >= 11 is 0. The van der Waals surface area contributed by atoms with Crippen molar-refractivity contribution >= 4 is 0 Å². The van der Waals surface area contributed by atoms with Gasteiger partial charge in [-0.15, -0.1) is 0 Å². The van der Waals surface area contributed by atoms with Crippen LogP contribution in [0.4, 0.5) is 0 Å². The SMILES string of the molecule is CCCCCCCCCCCCCCCN1C=CN(Cc2ccccc2)C1CCCCC. The van der Waals surface area contributed by atoms with Crippen LogP contribution in [-0.4, -0.2) is 22.5 Å². The summed E-state index contributed by atoms with van der Waals surface area (Å²) in [6, 6.07) is 10.9. The number of nitrogens with zero attached hydrogens (tertiary/aromatic N) is 2. The van der Waals surface area contributed by atoms with E-state index in [0.29, 0.717) is 6.17 Å². The first-order chi connectivity index (χ1) is 15.8. The smallest absolute Gasteiger partial charge is 0.101 e. The maximum absolute atomic E-state index is 2.62. The Morgan fingerprint density at radius 1 is 0.562 bits per heavy atom. The number of benzene rings is 1. The molecular formula is C30H52N2. The largest absolute Gasteiger partial charge is 0.356 e. The first-order valence-electron chi connectivity index (χ1n) is 14.1. The lowest BCUT2D eigenvalue weighted by atomic mass is 10.0. The van der Waals surface area contributed by atoms with Crippen LogP contribution in [0.3, 0.4) is 0 Å². The second-order valence-electron chi connectivity index (χ2n) is 9.91. The molecule has 2 nitrogen and oxygen atoms in total. The fourth-order valence-electron chi connectivity index (χ4n) is 4.96. The van der Waals surface area contributed by atoms with E-state index >= 15 is 0 Å². The van der Waals surface area contributed by atoms with Crippen LogP contribution in [0.25, 0.3) is 0 Å². The van der Waals surface area contributed by atoms with Crippen molar-refractivity contribution in [1.29, 1.82) is 0 Å². The maximum atomic E-state index is 2.62. The molecule has 2 rings (SSSR count). The van der Waals surface area contributed by atoms with Crippen molar-refractivity contribution in [2.45, 2.75) is 136 Å². The van der Waals surface area contributed by atoms with E-state index in [-0.39, 0.29) is 0 Å². The van der Waals surface area contributed by atoms with Gasteiger partial charge in [-0.25, -0.2) is 0 Å². The van der Waals surface area contributed by atoms with E-state index in [1.807, 2.05) is 0 Å². The van der Waals surface area contributed by atoms with Gasteiger partial charge in [-0.1, -0.05) is 134 Å². The Morgan fingerprint density at radius 3 is 1.66 bits per heavy atom. The first kappa shape index (κ1) is 26.8. The van der Waals surface area contributed by atoms with E-state index in [1.54, 1.807) is 0 Å². The van der Waals surface area contributed by atoms with Gasteiger partial charge in [-0.3, -0.25) is 0 Å². The van der Waals surface area contributed by atoms with Crippen LogP contribution in [0.5, 0.6) is 0 Å². The van der Waals surface area contributed by atoms with Gasteiger partial charge in [0.25, 0.3) is 0 Å². The van der Waals surface area contributed by atoms with Crippen molar-refractivity contribution in [3.63, 3.8) is 0 Å². The fraction of sp³-hybridized carbons (Fsp3) is 0.733. The number of rotatable bonds is 20. The van der Waals surface area contributed by atoms with Gasteiger partial charge < -0.3 is 9.80 Å². The summed E-state index contributed by atoms with van der Waals surface area (Å²) in [5.74, 6) is 0. The molecule has 0 bridgehead atoms. The van der Waals surface area contributed by atoms with E-state index < -0.39 is 0 Å². The third-order valence-corrected chi connectivity index (χ3v) is 7.01. The zero-order chi connectivity index (χ0) is 22.7. The summed E-state index contributed by atoms with van der Waals surface area (Å²) in [5.41, 5.74) is 1.42. The number of unbranched alkanes of at least 4 members (excludes halogenated alkanes) is 14. The molecule has 0 radical (unpaired) electrons. The molecule has 1 aromatic rings. The Kier molecular flexibility index (Phi) is 15.1. The molecule has 0 saturated heterocycles. The molecule has 1 unspecified atom stereocenters. The summed E-state index contributed by atoms with van der Waals surface area (Å²) in [6.45, 7) is 6.86. The molecule has 1 heterocycles. The highest BCUT2D eigenvalue weighted by molar-refractivity contribution is 5.15. The molecule has 0 saturated carbocycles. The van der Waals surface area contributed by atoms with Crippen molar-refractivity contribution < 1.29 is 0 Å². The highest BCUT2D eigenvalue weighted by atomic mass is 15.4. The molecule has 1 atom stereocenters. The van der Waals surface area contributed by atoms with Gasteiger partial charge in [-0.05, 0) is 24.8 Å². The quantitative estimate of drug-likeness (QED) is 0.186. The summed E-state index contributed by atoms with van der Waals surface area (Å²) in [5, 5.41) is 0. The first-order valence-corrected chi connectivity index (χ1v) is 14.1. The van der Waals surface area contributed by atoms with E-state index in [4.69, 9.17) is 0 Å². The van der Waals surface area contributed by atoms with Gasteiger partial charge in [0.05, 0.1) is 0 Å². The molecule has 0 aliphatic carbocycles. The van der Waals surface area contributed by atoms with Crippen LogP contribution in [0.15, 0.2) is 42.7 Å². The zero-order valence-electron chi connectivity index (χ0n) is 21.4. The van der Waals surface area contributed by atoms with Crippen LogP contribution in [-0.2, 0) is 6.54 Å². The monoisotopic (exact) mass is 440 g/mol. The van der Waals surface area contributed by atoms with Gasteiger partial charge in [0.1, 0.15) is 6.17 Å². The number of hydrogen-bond acceptors (Lipinski definition) is 2. The van der Waals surface area contributed by atoms with Crippen LogP contribution in [0.1, 0.15) is 129 Å². The molecule has 0 aromatic heterocycles. The molecule has 182 valence electrons. The van der Waals surface area contributed by atoms with Crippen molar-refractivity contribution in [1.82, 2.24) is 9.80 Å². The Hall–Kier alpha value is -1.44. The molecule has 32 heavy (non-hydrogen) atoms. The van der Waals surface area contributed by atoms with Gasteiger partial charge in [0.15, 0.2) is 0 Å². The maximum Gasteiger partial charge on any atom is 0.101 e.